The zero-order valence-corrected chi connectivity index (χ0v) is 13.6. The first-order valence-electron chi connectivity index (χ1n) is 7.75. The van der Waals surface area contributed by atoms with E-state index in [9.17, 15) is 4.39 Å². The summed E-state index contributed by atoms with van der Waals surface area (Å²) in [5.41, 5.74) is 4.71. The Labute approximate surface area is 136 Å². The number of fused-ring (bicyclic) bond motifs is 1. The molecule has 2 aromatic carbocycles. The van der Waals surface area contributed by atoms with E-state index in [1.54, 1.807) is 12.1 Å². The van der Waals surface area contributed by atoms with Gasteiger partial charge in [0.05, 0.1) is 5.52 Å². The van der Waals surface area contributed by atoms with Gasteiger partial charge in [-0.1, -0.05) is 36.9 Å². The fourth-order valence-electron chi connectivity index (χ4n) is 2.77. The highest BCUT2D eigenvalue weighted by Crippen LogP contribution is 2.29. The summed E-state index contributed by atoms with van der Waals surface area (Å²) in [4.78, 5) is 5.20. The highest BCUT2D eigenvalue weighted by Gasteiger charge is 2.11. The van der Waals surface area contributed by atoms with Crippen LogP contribution in [0.1, 0.15) is 11.1 Å². The van der Waals surface area contributed by atoms with Gasteiger partial charge >= 0.3 is 0 Å². The van der Waals surface area contributed by atoms with Gasteiger partial charge < -0.3 is 9.88 Å². The number of aromatic amines is 1. The molecule has 3 rings (SSSR count). The van der Waals surface area contributed by atoms with Gasteiger partial charge in [-0.25, -0.2) is 4.39 Å². The number of H-pyrrole nitrogens is 1. The predicted octanol–water partition coefficient (Wildman–Crippen LogP) is 4.72. The monoisotopic (exact) mass is 308 g/mol. The Hall–Kier alpha value is -2.39. The molecule has 2 nitrogen and oxygen atoms in total. The maximum absolute atomic E-state index is 14.4. The first-order chi connectivity index (χ1) is 11.1. The molecule has 0 aliphatic rings. The van der Waals surface area contributed by atoms with E-state index in [0.717, 1.165) is 40.6 Å². The lowest BCUT2D eigenvalue weighted by Crippen LogP contribution is -2.14. The van der Waals surface area contributed by atoms with Gasteiger partial charge in [0.25, 0.3) is 0 Å². The van der Waals surface area contributed by atoms with Gasteiger partial charge in [-0.15, -0.1) is 0 Å². The third-order valence-electron chi connectivity index (χ3n) is 4.13. The zero-order chi connectivity index (χ0) is 16.4. The standard InChI is InChI=1S/C20H21FN2/c1-4-14-5-7-15(8-6-14)17-11-18-16(9-10-23(2)3)13-22-20(18)19(21)12-17/h4-8,11-13,22H,1,9-10H2,2-3H3. The van der Waals surface area contributed by atoms with Gasteiger partial charge in [-0.2, -0.15) is 0 Å². The van der Waals surface area contributed by atoms with Crippen molar-refractivity contribution in [1.82, 2.24) is 9.88 Å². The number of hydrogen-bond donors (Lipinski definition) is 1. The molecule has 0 saturated carbocycles. The third-order valence-corrected chi connectivity index (χ3v) is 4.13. The minimum atomic E-state index is -0.207. The highest BCUT2D eigenvalue weighted by atomic mass is 19.1. The Balaban J connectivity index is 2.03. The predicted molar refractivity (Wildman–Crippen MR) is 96.0 cm³/mol. The second kappa shape index (κ2) is 6.39. The molecule has 0 unspecified atom stereocenters. The normalized spacial score (nSPS) is 11.3. The highest BCUT2D eigenvalue weighted by molar-refractivity contribution is 5.88. The number of hydrogen-bond acceptors (Lipinski definition) is 1. The summed E-state index contributed by atoms with van der Waals surface area (Å²) in [7, 11) is 4.09. The molecule has 0 spiro atoms. The van der Waals surface area contributed by atoms with E-state index in [-0.39, 0.29) is 5.82 Å². The first-order valence-corrected chi connectivity index (χ1v) is 7.75. The summed E-state index contributed by atoms with van der Waals surface area (Å²) in [5, 5.41) is 0.967. The second-order valence-electron chi connectivity index (χ2n) is 6.07. The van der Waals surface area contributed by atoms with Gasteiger partial charge in [0.15, 0.2) is 0 Å². The number of nitrogens with zero attached hydrogens (tertiary/aromatic N) is 1. The average molecular weight is 308 g/mol. The van der Waals surface area contributed by atoms with Gasteiger partial charge in [0, 0.05) is 18.1 Å². The molecule has 1 N–H and O–H groups in total. The summed E-state index contributed by atoms with van der Waals surface area (Å²) in [5.74, 6) is -0.207. The van der Waals surface area contributed by atoms with Crippen molar-refractivity contribution in [3.8, 4) is 11.1 Å². The van der Waals surface area contributed by atoms with Gasteiger partial charge in [-0.3, -0.25) is 0 Å². The quantitative estimate of drug-likeness (QED) is 0.722. The van der Waals surface area contributed by atoms with Crippen LogP contribution in [-0.4, -0.2) is 30.5 Å². The number of nitrogens with one attached hydrogen (secondary N) is 1. The van der Waals surface area contributed by atoms with Crippen LogP contribution in [0.5, 0.6) is 0 Å². The number of likely N-dealkylation sites (N-methyl/N-ethyl adjacent to an activating group) is 1. The molecule has 3 heteroatoms. The van der Waals surface area contributed by atoms with Crippen molar-refractivity contribution in [2.75, 3.05) is 20.6 Å². The Morgan fingerprint density at radius 2 is 1.87 bits per heavy atom. The van der Waals surface area contributed by atoms with Crippen LogP contribution in [0.4, 0.5) is 4.39 Å². The second-order valence-corrected chi connectivity index (χ2v) is 6.07. The van der Waals surface area contributed by atoms with Crippen LogP contribution in [0, 0.1) is 5.82 Å². The molecule has 0 atom stereocenters. The minimum Gasteiger partial charge on any atom is -0.359 e. The van der Waals surface area contributed by atoms with Crippen LogP contribution in [0.25, 0.3) is 28.1 Å². The smallest absolute Gasteiger partial charge is 0.147 e. The maximum atomic E-state index is 14.4. The maximum Gasteiger partial charge on any atom is 0.147 e. The van der Waals surface area contributed by atoms with E-state index in [1.165, 1.54) is 0 Å². The topological polar surface area (TPSA) is 19.0 Å². The molecule has 1 aromatic heterocycles. The Morgan fingerprint density at radius 1 is 1.13 bits per heavy atom. The lowest BCUT2D eigenvalue weighted by molar-refractivity contribution is 0.414. The van der Waals surface area contributed by atoms with Crippen LogP contribution in [0.2, 0.25) is 0 Å². The van der Waals surface area contributed by atoms with Crippen molar-refractivity contribution in [2.24, 2.45) is 0 Å². The summed E-state index contributed by atoms with van der Waals surface area (Å²) >= 11 is 0. The fourth-order valence-corrected chi connectivity index (χ4v) is 2.77. The molecule has 0 aliphatic heterocycles. The van der Waals surface area contributed by atoms with E-state index < -0.39 is 0 Å². The molecular weight excluding hydrogens is 287 g/mol. The van der Waals surface area contributed by atoms with E-state index in [0.29, 0.717) is 5.52 Å². The molecule has 0 aliphatic carbocycles. The lowest BCUT2D eigenvalue weighted by Gasteiger charge is -2.09. The van der Waals surface area contributed by atoms with Gasteiger partial charge in [-0.05, 0) is 54.9 Å². The first kappa shape index (κ1) is 15.5. The third kappa shape index (κ3) is 3.20. The molecular formula is C20H21FN2. The van der Waals surface area contributed by atoms with E-state index in [2.05, 4.69) is 22.5 Å². The summed E-state index contributed by atoms with van der Waals surface area (Å²) in [6.45, 7) is 4.70. The number of rotatable bonds is 5. The fraction of sp³-hybridized carbons (Fsp3) is 0.200. The van der Waals surface area contributed by atoms with Crippen LogP contribution in [0.15, 0.2) is 49.2 Å². The molecule has 3 aromatic rings. The largest absolute Gasteiger partial charge is 0.359 e. The molecule has 0 radical (unpaired) electrons. The number of aromatic nitrogens is 1. The lowest BCUT2D eigenvalue weighted by atomic mass is 10.0. The van der Waals surface area contributed by atoms with E-state index in [4.69, 9.17) is 0 Å². The number of benzene rings is 2. The minimum absolute atomic E-state index is 0.207. The van der Waals surface area contributed by atoms with E-state index in [1.807, 2.05) is 44.6 Å². The van der Waals surface area contributed by atoms with Crippen molar-refractivity contribution in [2.45, 2.75) is 6.42 Å². The Morgan fingerprint density at radius 3 is 2.52 bits per heavy atom. The molecule has 0 bridgehead atoms. The number of halogens is 1. The van der Waals surface area contributed by atoms with Crippen molar-refractivity contribution in [3.63, 3.8) is 0 Å². The SMILES string of the molecule is C=Cc1ccc(-c2cc(F)c3[nH]cc(CCN(C)C)c3c2)cc1. The van der Waals surface area contributed by atoms with Crippen LogP contribution >= 0.6 is 0 Å². The molecule has 118 valence electrons. The van der Waals surface area contributed by atoms with Crippen molar-refractivity contribution in [3.05, 3.63) is 66.1 Å². The Kier molecular flexibility index (Phi) is 4.30. The zero-order valence-electron chi connectivity index (χ0n) is 13.6. The Bertz CT molecular complexity index is 829. The van der Waals surface area contributed by atoms with Crippen LogP contribution in [0.3, 0.4) is 0 Å². The van der Waals surface area contributed by atoms with Crippen LogP contribution in [-0.2, 0) is 6.42 Å². The molecule has 0 fully saturated rings. The van der Waals surface area contributed by atoms with Crippen LogP contribution < -0.4 is 0 Å². The summed E-state index contributed by atoms with van der Waals surface area (Å²) in [6.07, 6.45) is 4.62. The van der Waals surface area contributed by atoms with E-state index >= 15 is 0 Å². The summed E-state index contributed by atoms with van der Waals surface area (Å²) in [6, 6.07) is 11.7. The average Bonchev–Trinajstić information content (AvgIpc) is 2.96. The van der Waals surface area contributed by atoms with Crippen molar-refractivity contribution in [1.29, 1.82) is 0 Å². The van der Waals surface area contributed by atoms with Crippen molar-refractivity contribution >= 4 is 17.0 Å². The molecule has 1 heterocycles. The molecule has 0 amide bonds. The molecule has 0 saturated heterocycles. The van der Waals surface area contributed by atoms with Gasteiger partial charge in [0.2, 0.25) is 0 Å². The van der Waals surface area contributed by atoms with Gasteiger partial charge in [0.1, 0.15) is 5.82 Å². The summed E-state index contributed by atoms with van der Waals surface area (Å²) < 4.78 is 14.4. The van der Waals surface area contributed by atoms with Crippen molar-refractivity contribution < 1.29 is 4.39 Å². The molecule has 23 heavy (non-hydrogen) atoms.